The third-order valence-corrected chi connectivity index (χ3v) is 6.33. The predicted molar refractivity (Wildman–Crippen MR) is 82.3 cm³/mol. The van der Waals surface area contributed by atoms with Gasteiger partial charge in [-0.25, -0.2) is 9.97 Å². The molecule has 0 aliphatic heterocycles. The van der Waals surface area contributed by atoms with Crippen LogP contribution in [0.25, 0.3) is 21.9 Å². The summed E-state index contributed by atoms with van der Waals surface area (Å²) in [6, 6.07) is 4.18. The topological polar surface area (TPSA) is 54.5 Å². The number of aromatic amines is 1. The number of hydrogen-bond donors (Lipinski definition) is 1. The van der Waals surface area contributed by atoms with Crippen LogP contribution in [-0.2, 0) is 5.41 Å². The Morgan fingerprint density at radius 1 is 1.14 bits per heavy atom. The summed E-state index contributed by atoms with van der Waals surface area (Å²) in [5.74, 6) is 0.550. The molecule has 0 unspecified atom stereocenters. The van der Waals surface area contributed by atoms with Crippen molar-refractivity contribution in [3.8, 4) is 0 Å². The van der Waals surface area contributed by atoms with Gasteiger partial charge >= 0.3 is 0 Å². The van der Waals surface area contributed by atoms with Gasteiger partial charge in [-0.3, -0.25) is 5.10 Å². The fraction of sp³-hybridized carbons (Fsp3) is 0.471. The summed E-state index contributed by atoms with van der Waals surface area (Å²) in [7, 11) is 0. The maximum atomic E-state index is 5.03. The molecular weight excluding hydrogens is 260 g/mol. The van der Waals surface area contributed by atoms with E-state index in [-0.39, 0.29) is 10.8 Å². The Labute approximate surface area is 123 Å². The summed E-state index contributed by atoms with van der Waals surface area (Å²) in [6.07, 6.45) is 4.32. The van der Waals surface area contributed by atoms with Crippen LogP contribution in [0.5, 0.6) is 0 Å². The zero-order valence-corrected chi connectivity index (χ0v) is 12.6. The van der Waals surface area contributed by atoms with Crippen molar-refractivity contribution >= 4 is 21.9 Å². The van der Waals surface area contributed by atoms with E-state index in [1.165, 1.54) is 24.2 Å². The van der Waals surface area contributed by atoms with E-state index in [2.05, 4.69) is 43.1 Å². The Balaban J connectivity index is 1.88. The predicted octanol–water partition coefficient (Wildman–Crippen LogP) is 3.68. The van der Waals surface area contributed by atoms with Gasteiger partial charge in [0.25, 0.3) is 0 Å². The molecular formula is C17H18N4. The molecule has 2 bridgehead atoms. The van der Waals surface area contributed by atoms with E-state index in [9.17, 15) is 0 Å². The Kier molecular flexibility index (Phi) is 1.81. The van der Waals surface area contributed by atoms with Gasteiger partial charge in [0.2, 0.25) is 0 Å². The largest absolute Gasteiger partial charge is 0.278 e. The molecule has 4 nitrogen and oxygen atoms in total. The van der Waals surface area contributed by atoms with Gasteiger partial charge in [-0.1, -0.05) is 20.8 Å². The van der Waals surface area contributed by atoms with Crippen LogP contribution in [0.1, 0.15) is 50.9 Å². The number of aromatic nitrogens is 4. The number of nitrogens with one attached hydrogen (secondary N) is 1. The van der Waals surface area contributed by atoms with Crippen molar-refractivity contribution in [1.82, 2.24) is 20.2 Å². The van der Waals surface area contributed by atoms with Crippen molar-refractivity contribution in [3.05, 3.63) is 29.7 Å². The minimum absolute atomic E-state index is 0.164. The summed E-state index contributed by atoms with van der Waals surface area (Å²) in [5.41, 5.74) is 5.90. The first-order chi connectivity index (χ1) is 10.0. The second-order valence-corrected chi connectivity index (χ2v) is 7.40. The lowest BCUT2D eigenvalue weighted by Crippen LogP contribution is -2.31. The fourth-order valence-corrected chi connectivity index (χ4v) is 4.56. The van der Waals surface area contributed by atoms with Gasteiger partial charge in [-0.15, -0.1) is 0 Å². The molecule has 106 valence electrons. The maximum absolute atomic E-state index is 5.03. The SMILES string of the molecule is CC1(C)[C@H]2CC[C@]1(C)c1nc3cc4[nH]ncc4cc3nc12. The standard InChI is InChI=1S/C17H18N4/c1-16(2)10-4-5-17(16,3)15-14(10)19-12-6-9-8-18-21-11(9)7-13(12)20-15/h6-8,10H,4-5H2,1-3H3,(H,18,21)/t10-,17+/m0/s1. The number of nitrogens with zero attached hydrogens (tertiary/aromatic N) is 3. The molecule has 1 fully saturated rings. The fourth-order valence-electron chi connectivity index (χ4n) is 4.56. The van der Waals surface area contributed by atoms with E-state index >= 15 is 0 Å². The van der Waals surface area contributed by atoms with Crippen LogP contribution in [0, 0.1) is 5.41 Å². The van der Waals surface area contributed by atoms with Gasteiger partial charge in [0.1, 0.15) is 0 Å². The number of benzene rings is 1. The second-order valence-electron chi connectivity index (χ2n) is 7.40. The van der Waals surface area contributed by atoms with Crippen molar-refractivity contribution in [2.75, 3.05) is 0 Å². The van der Waals surface area contributed by atoms with Crippen molar-refractivity contribution in [2.24, 2.45) is 5.41 Å². The quantitative estimate of drug-likeness (QED) is 0.682. The number of H-pyrrole nitrogens is 1. The average Bonchev–Trinajstić information content (AvgIpc) is 3.02. The molecule has 2 aliphatic carbocycles. The number of fused-ring (bicyclic) bond motifs is 7. The normalized spacial score (nSPS) is 29.4. The summed E-state index contributed by atoms with van der Waals surface area (Å²) in [6.45, 7) is 7.13. The van der Waals surface area contributed by atoms with Crippen molar-refractivity contribution < 1.29 is 0 Å². The van der Waals surface area contributed by atoms with Gasteiger partial charge < -0.3 is 0 Å². The smallest absolute Gasteiger partial charge is 0.0912 e. The zero-order valence-electron chi connectivity index (χ0n) is 12.6. The Hall–Kier alpha value is -1.97. The number of hydrogen-bond acceptors (Lipinski definition) is 3. The molecule has 0 saturated heterocycles. The van der Waals surface area contributed by atoms with E-state index in [0.29, 0.717) is 5.92 Å². The summed E-state index contributed by atoms with van der Waals surface area (Å²) < 4.78 is 0. The van der Waals surface area contributed by atoms with E-state index in [0.717, 1.165) is 21.9 Å². The molecule has 5 rings (SSSR count). The van der Waals surface area contributed by atoms with Gasteiger partial charge in [-0.05, 0) is 30.4 Å². The van der Waals surface area contributed by atoms with Crippen LogP contribution in [0.2, 0.25) is 0 Å². The van der Waals surface area contributed by atoms with Crippen molar-refractivity contribution in [3.63, 3.8) is 0 Å². The first kappa shape index (κ1) is 11.7. The Morgan fingerprint density at radius 2 is 1.95 bits per heavy atom. The first-order valence-electron chi connectivity index (χ1n) is 7.66. The second kappa shape index (κ2) is 3.26. The third kappa shape index (κ3) is 1.17. The summed E-state index contributed by atoms with van der Waals surface area (Å²) in [5, 5.41) is 8.23. The lowest BCUT2D eigenvalue weighted by Gasteiger charge is -2.34. The molecule has 1 saturated carbocycles. The molecule has 3 aromatic rings. The summed E-state index contributed by atoms with van der Waals surface area (Å²) >= 11 is 0. The maximum Gasteiger partial charge on any atom is 0.0912 e. The lowest BCUT2D eigenvalue weighted by molar-refractivity contribution is 0.227. The zero-order chi connectivity index (χ0) is 14.4. The van der Waals surface area contributed by atoms with Crippen molar-refractivity contribution in [1.29, 1.82) is 0 Å². The van der Waals surface area contributed by atoms with Crippen LogP contribution in [0.15, 0.2) is 18.3 Å². The van der Waals surface area contributed by atoms with Crippen LogP contribution in [-0.4, -0.2) is 20.2 Å². The van der Waals surface area contributed by atoms with E-state index in [4.69, 9.17) is 9.97 Å². The Bertz CT molecular complexity index is 908. The van der Waals surface area contributed by atoms with Crippen LogP contribution < -0.4 is 0 Å². The van der Waals surface area contributed by atoms with Gasteiger partial charge in [0.05, 0.1) is 34.1 Å². The first-order valence-corrected chi connectivity index (χ1v) is 7.66. The Morgan fingerprint density at radius 3 is 2.81 bits per heavy atom. The molecule has 2 aromatic heterocycles. The monoisotopic (exact) mass is 278 g/mol. The van der Waals surface area contributed by atoms with E-state index < -0.39 is 0 Å². The van der Waals surface area contributed by atoms with Crippen molar-refractivity contribution in [2.45, 2.75) is 44.9 Å². The molecule has 2 heterocycles. The van der Waals surface area contributed by atoms with E-state index in [1.54, 1.807) is 0 Å². The highest BCUT2D eigenvalue weighted by Gasteiger charge is 2.61. The lowest BCUT2D eigenvalue weighted by atomic mass is 9.70. The molecule has 0 amide bonds. The van der Waals surface area contributed by atoms with Crippen LogP contribution in [0.4, 0.5) is 0 Å². The van der Waals surface area contributed by atoms with Gasteiger partial charge in [-0.2, -0.15) is 5.10 Å². The molecule has 0 radical (unpaired) electrons. The van der Waals surface area contributed by atoms with Crippen LogP contribution >= 0.6 is 0 Å². The minimum Gasteiger partial charge on any atom is -0.278 e. The molecule has 2 aliphatic rings. The highest BCUT2D eigenvalue weighted by Crippen LogP contribution is 2.66. The molecule has 21 heavy (non-hydrogen) atoms. The third-order valence-electron chi connectivity index (χ3n) is 6.33. The molecule has 0 spiro atoms. The molecule has 1 N–H and O–H groups in total. The van der Waals surface area contributed by atoms with Gasteiger partial charge in [0, 0.05) is 16.7 Å². The number of rotatable bonds is 0. The average molecular weight is 278 g/mol. The molecule has 2 atom stereocenters. The molecule has 1 aromatic carbocycles. The molecule has 4 heteroatoms. The van der Waals surface area contributed by atoms with E-state index in [1.807, 2.05) is 6.20 Å². The van der Waals surface area contributed by atoms with Gasteiger partial charge in [0.15, 0.2) is 0 Å². The van der Waals surface area contributed by atoms with Crippen LogP contribution in [0.3, 0.4) is 0 Å². The summed E-state index contributed by atoms with van der Waals surface area (Å²) in [4.78, 5) is 10.0. The minimum atomic E-state index is 0.164. The highest BCUT2D eigenvalue weighted by atomic mass is 15.1. The highest BCUT2D eigenvalue weighted by molar-refractivity contribution is 5.92.